The predicted molar refractivity (Wildman–Crippen MR) is 62.0 cm³/mol. The van der Waals surface area contributed by atoms with E-state index in [0.29, 0.717) is 5.95 Å². The highest BCUT2D eigenvalue weighted by Gasteiger charge is 2.18. The lowest BCUT2D eigenvalue weighted by atomic mass is 10.1. The molecule has 1 fully saturated rings. The highest BCUT2D eigenvalue weighted by molar-refractivity contribution is 5.52. The normalized spacial score (nSPS) is 16.0. The van der Waals surface area contributed by atoms with Crippen molar-refractivity contribution >= 4 is 11.8 Å². The minimum atomic E-state index is 0.395. The lowest BCUT2D eigenvalue weighted by Crippen LogP contribution is -2.22. The van der Waals surface area contributed by atoms with Gasteiger partial charge in [0.2, 0.25) is 5.95 Å². The van der Waals surface area contributed by atoms with E-state index in [9.17, 15) is 0 Å². The Morgan fingerprint density at radius 2 is 1.93 bits per heavy atom. The topological polar surface area (TPSA) is 55.0 Å². The van der Waals surface area contributed by atoms with Gasteiger partial charge in [-0.15, -0.1) is 0 Å². The standard InChI is InChI=1S/C11H18N4/c1-3-9-8(2)13-11(12)14-10(9)15-6-4-5-7-15/h3-7H2,1-2H3,(H2,12,13,14). The number of anilines is 2. The van der Waals surface area contributed by atoms with Gasteiger partial charge in [0.15, 0.2) is 0 Å². The quantitative estimate of drug-likeness (QED) is 0.797. The SMILES string of the molecule is CCc1c(C)nc(N)nc1N1CCCC1. The number of nitrogens with two attached hydrogens (primary N) is 1. The van der Waals surface area contributed by atoms with Crippen molar-refractivity contribution in [2.75, 3.05) is 23.7 Å². The molecule has 1 aliphatic rings. The zero-order valence-corrected chi connectivity index (χ0v) is 9.45. The van der Waals surface area contributed by atoms with Crippen LogP contribution in [0.2, 0.25) is 0 Å². The third-order valence-electron chi connectivity index (χ3n) is 2.97. The van der Waals surface area contributed by atoms with Crippen LogP contribution in [0.25, 0.3) is 0 Å². The van der Waals surface area contributed by atoms with Crippen LogP contribution in [0.3, 0.4) is 0 Å². The molecule has 0 aliphatic carbocycles. The van der Waals surface area contributed by atoms with E-state index in [1.165, 1.54) is 18.4 Å². The molecule has 15 heavy (non-hydrogen) atoms. The van der Waals surface area contributed by atoms with Crippen molar-refractivity contribution in [3.05, 3.63) is 11.3 Å². The minimum Gasteiger partial charge on any atom is -0.368 e. The molecule has 2 N–H and O–H groups in total. The average molecular weight is 206 g/mol. The molecule has 0 spiro atoms. The second-order valence-corrected chi connectivity index (χ2v) is 4.02. The fourth-order valence-electron chi connectivity index (χ4n) is 2.21. The molecule has 1 aromatic rings. The Kier molecular flexibility index (Phi) is 2.75. The number of rotatable bonds is 2. The van der Waals surface area contributed by atoms with Crippen molar-refractivity contribution in [2.45, 2.75) is 33.1 Å². The van der Waals surface area contributed by atoms with Crippen molar-refractivity contribution in [2.24, 2.45) is 0 Å². The van der Waals surface area contributed by atoms with Crippen LogP contribution in [0.5, 0.6) is 0 Å². The van der Waals surface area contributed by atoms with Crippen LogP contribution < -0.4 is 10.6 Å². The highest BCUT2D eigenvalue weighted by atomic mass is 15.2. The van der Waals surface area contributed by atoms with Crippen molar-refractivity contribution in [1.29, 1.82) is 0 Å². The Bertz CT molecular complexity index is 356. The van der Waals surface area contributed by atoms with Gasteiger partial charge >= 0.3 is 0 Å². The van der Waals surface area contributed by atoms with Gasteiger partial charge in [-0.2, -0.15) is 4.98 Å². The Morgan fingerprint density at radius 1 is 1.27 bits per heavy atom. The maximum Gasteiger partial charge on any atom is 0.222 e. The second kappa shape index (κ2) is 4.04. The van der Waals surface area contributed by atoms with Crippen LogP contribution in [0.1, 0.15) is 31.0 Å². The van der Waals surface area contributed by atoms with E-state index in [1.807, 2.05) is 6.92 Å². The summed E-state index contributed by atoms with van der Waals surface area (Å²) in [6.45, 7) is 6.35. The molecule has 1 saturated heterocycles. The molecule has 82 valence electrons. The van der Waals surface area contributed by atoms with Crippen molar-refractivity contribution < 1.29 is 0 Å². The first-order valence-corrected chi connectivity index (χ1v) is 5.60. The summed E-state index contributed by atoms with van der Waals surface area (Å²) in [7, 11) is 0. The molecule has 2 heterocycles. The van der Waals surface area contributed by atoms with Crippen LogP contribution in [0, 0.1) is 6.92 Å². The third-order valence-corrected chi connectivity index (χ3v) is 2.97. The summed E-state index contributed by atoms with van der Waals surface area (Å²) in [5, 5.41) is 0. The van der Waals surface area contributed by atoms with Crippen molar-refractivity contribution in [1.82, 2.24) is 9.97 Å². The molecule has 2 rings (SSSR count). The number of aryl methyl sites for hydroxylation is 1. The Balaban J connectivity index is 2.42. The molecular formula is C11H18N4. The average Bonchev–Trinajstić information content (AvgIpc) is 2.69. The van der Waals surface area contributed by atoms with E-state index >= 15 is 0 Å². The molecule has 0 radical (unpaired) electrons. The van der Waals surface area contributed by atoms with Crippen LogP contribution in [-0.4, -0.2) is 23.1 Å². The lowest BCUT2D eigenvalue weighted by Gasteiger charge is -2.20. The second-order valence-electron chi connectivity index (χ2n) is 4.02. The van der Waals surface area contributed by atoms with Gasteiger partial charge in [-0.05, 0) is 26.2 Å². The van der Waals surface area contributed by atoms with Gasteiger partial charge in [0, 0.05) is 24.3 Å². The largest absolute Gasteiger partial charge is 0.368 e. The summed E-state index contributed by atoms with van der Waals surface area (Å²) in [6.07, 6.45) is 3.48. The van der Waals surface area contributed by atoms with Crippen molar-refractivity contribution in [3.63, 3.8) is 0 Å². The Hall–Kier alpha value is -1.32. The highest BCUT2D eigenvalue weighted by Crippen LogP contribution is 2.25. The minimum absolute atomic E-state index is 0.395. The van der Waals surface area contributed by atoms with E-state index in [-0.39, 0.29) is 0 Å². The first-order chi connectivity index (χ1) is 7.22. The molecule has 0 amide bonds. The number of nitrogen functional groups attached to an aromatic ring is 1. The predicted octanol–water partition coefficient (Wildman–Crippen LogP) is 1.53. The summed E-state index contributed by atoms with van der Waals surface area (Å²) < 4.78 is 0. The lowest BCUT2D eigenvalue weighted by molar-refractivity contribution is 0.891. The third kappa shape index (κ3) is 1.89. The number of aromatic nitrogens is 2. The zero-order valence-electron chi connectivity index (χ0n) is 9.45. The summed E-state index contributed by atoms with van der Waals surface area (Å²) in [5.41, 5.74) is 7.96. The van der Waals surface area contributed by atoms with E-state index in [1.54, 1.807) is 0 Å². The van der Waals surface area contributed by atoms with Crippen molar-refractivity contribution in [3.8, 4) is 0 Å². The fraction of sp³-hybridized carbons (Fsp3) is 0.636. The first kappa shape index (κ1) is 10.2. The molecular weight excluding hydrogens is 188 g/mol. The van der Waals surface area contributed by atoms with E-state index in [2.05, 4.69) is 21.8 Å². The van der Waals surface area contributed by atoms with Gasteiger partial charge < -0.3 is 10.6 Å². The molecule has 0 saturated carbocycles. The summed E-state index contributed by atoms with van der Waals surface area (Å²) in [4.78, 5) is 10.9. The molecule has 0 atom stereocenters. The summed E-state index contributed by atoms with van der Waals surface area (Å²) in [6, 6.07) is 0. The number of nitrogens with zero attached hydrogens (tertiary/aromatic N) is 3. The van der Waals surface area contributed by atoms with Crippen LogP contribution in [-0.2, 0) is 6.42 Å². The van der Waals surface area contributed by atoms with Gasteiger partial charge in [-0.3, -0.25) is 0 Å². The molecule has 0 unspecified atom stereocenters. The van der Waals surface area contributed by atoms with Gasteiger partial charge in [-0.25, -0.2) is 4.98 Å². The molecule has 0 bridgehead atoms. The maximum atomic E-state index is 5.70. The van der Waals surface area contributed by atoms with E-state index < -0.39 is 0 Å². The van der Waals surface area contributed by atoms with Gasteiger partial charge in [0.1, 0.15) is 5.82 Å². The monoisotopic (exact) mass is 206 g/mol. The molecule has 1 aromatic heterocycles. The van der Waals surface area contributed by atoms with Gasteiger partial charge in [-0.1, -0.05) is 6.92 Å². The first-order valence-electron chi connectivity index (χ1n) is 5.60. The van der Waals surface area contributed by atoms with Gasteiger partial charge in [0.05, 0.1) is 0 Å². The zero-order chi connectivity index (χ0) is 10.8. The van der Waals surface area contributed by atoms with E-state index in [4.69, 9.17) is 5.73 Å². The van der Waals surface area contributed by atoms with Gasteiger partial charge in [0.25, 0.3) is 0 Å². The van der Waals surface area contributed by atoms with E-state index in [0.717, 1.165) is 31.0 Å². The maximum absolute atomic E-state index is 5.70. The number of hydrogen-bond acceptors (Lipinski definition) is 4. The van der Waals surface area contributed by atoms with Crippen LogP contribution >= 0.6 is 0 Å². The molecule has 4 heteroatoms. The molecule has 1 aliphatic heterocycles. The molecule has 0 aromatic carbocycles. The number of hydrogen-bond donors (Lipinski definition) is 1. The summed E-state index contributed by atoms with van der Waals surface area (Å²) >= 11 is 0. The summed E-state index contributed by atoms with van der Waals surface area (Å²) in [5.74, 6) is 1.45. The molecule has 4 nitrogen and oxygen atoms in total. The smallest absolute Gasteiger partial charge is 0.222 e. The Labute approximate surface area is 90.5 Å². The van der Waals surface area contributed by atoms with Crippen LogP contribution in [0.4, 0.5) is 11.8 Å². The fourth-order valence-corrected chi connectivity index (χ4v) is 2.21. The van der Waals surface area contributed by atoms with Crippen LogP contribution in [0.15, 0.2) is 0 Å². The Morgan fingerprint density at radius 3 is 2.53 bits per heavy atom.